The molecule has 0 bridgehead atoms. The number of ether oxygens (including phenoxy) is 1. The monoisotopic (exact) mass is 485 g/mol. The van der Waals surface area contributed by atoms with Gasteiger partial charge in [-0.15, -0.1) is 10.2 Å². The zero-order valence-electron chi connectivity index (χ0n) is 19.0. The molecule has 4 aromatic rings. The van der Waals surface area contributed by atoms with E-state index in [0.717, 1.165) is 18.0 Å². The Morgan fingerprint density at radius 2 is 1.91 bits per heavy atom. The Morgan fingerprint density at radius 3 is 2.56 bits per heavy atom. The summed E-state index contributed by atoms with van der Waals surface area (Å²) in [7, 11) is -2.18. The molecule has 1 atom stereocenters. The van der Waals surface area contributed by atoms with E-state index in [2.05, 4.69) is 20.2 Å². The summed E-state index contributed by atoms with van der Waals surface area (Å²) in [6, 6.07) is 8.97. The maximum absolute atomic E-state index is 13.5. The number of para-hydroxylation sites is 1. The molecule has 1 aromatic carbocycles. The normalized spacial score (nSPS) is 12.6. The Labute approximate surface area is 196 Å². The number of hydrogen-bond acceptors (Lipinski definition) is 8. The Hall–Kier alpha value is -3.60. The van der Waals surface area contributed by atoms with Crippen LogP contribution in [0.2, 0.25) is 0 Å². The summed E-state index contributed by atoms with van der Waals surface area (Å²) >= 11 is 0. The van der Waals surface area contributed by atoms with Gasteiger partial charge in [-0.05, 0) is 37.1 Å². The van der Waals surface area contributed by atoms with E-state index in [4.69, 9.17) is 9.15 Å². The molecule has 4 rings (SSSR count). The summed E-state index contributed by atoms with van der Waals surface area (Å²) in [6.45, 7) is 3.66. The molecule has 0 aliphatic carbocycles. The van der Waals surface area contributed by atoms with Crippen LogP contribution >= 0.6 is 0 Å². The molecule has 3 aromatic heterocycles. The number of sulfone groups is 1. The fourth-order valence-corrected chi connectivity index (χ4v) is 5.46. The second-order valence-electron chi connectivity index (χ2n) is 7.74. The third-order valence-corrected chi connectivity index (χ3v) is 7.67. The molecule has 0 radical (unpaired) electrons. The molecule has 3 heterocycles. The maximum Gasteiger partial charge on any atom is 0.204 e. The highest BCUT2D eigenvalue weighted by molar-refractivity contribution is 7.91. The van der Waals surface area contributed by atoms with Gasteiger partial charge in [0.05, 0.1) is 36.7 Å². The van der Waals surface area contributed by atoms with Gasteiger partial charge in [0, 0.05) is 6.42 Å². The van der Waals surface area contributed by atoms with E-state index in [1.165, 1.54) is 6.26 Å². The van der Waals surface area contributed by atoms with Crippen LogP contribution in [0.4, 0.5) is 4.39 Å². The van der Waals surface area contributed by atoms with Crippen molar-refractivity contribution in [3.05, 3.63) is 72.0 Å². The average Bonchev–Trinajstić information content (AvgIpc) is 3.48. The molecule has 0 N–H and O–H groups in total. The molecule has 0 aliphatic heterocycles. The van der Waals surface area contributed by atoms with E-state index >= 15 is 0 Å². The van der Waals surface area contributed by atoms with Crippen LogP contribution in [-0.4, -0.2) is 45.5 Å². The molecule has 9 nitrogen and oxygen atoms in total. The molecule has 34 heavy (non-hydrogen) atoms. The van der Waals surface area contributed by atoms with Crippen molar-refractivity contribution >= 4 is 9.84 Å². The van der Waals surface area contributed by atoms with Gasteiger partial charge in [0.1, 0.15) is 17.3 Å². The summed E-state index contributed by atoms with van der Waals surface area (Å²) in [5.41, 5.74) is 1.47. The number of rotatable bonds is 9. The van der Waals surface area contributed by atoms with E-state index in [9.17, 15) is 12.8 Å². The summed E-state index contributed by atoms with van der Waals surface area (Å²) in [4.78, 5) is 7.82. The third-order valence-electron chi connectivity index (χ3n) is 5.49. The van der Waals surface area contributed by atoms with Gasteiger partial charge in [0.15, 0.2) is 27.2 Å². The molecule has 0 unspecified atom stereocenters. The largest absolute Gasteiger partial charge is 0.495 e. The lowest BCUT2D eigenvalue weighted by Crippen LogP contribution is -2.27. The molecular weight excluding hydrogens is 461 g/mol. The number of halogens is 1. The third kappa shape index (κ3) is 4.69. The van der Waals surface area contributed by atoms with Crippen molar-refractivity contribution in [3.8, 4) is 23.0 Å². The predicted octanol–water partition coefficient (Wildman–Crippen LogP) is 3.71. The van der Waals surface area contributed by atoms with Crippen molar-refractivity contribution in [2.45, 2.75) is 37.7 Å². The van der Waals surface area contributed by atoms with Crippen LogP contribution in [0, 0.1) is 12.7 Å². The SMILES string of the molecule is CC[C@@H](Cc1ncc(F)cn1)S(=O)(=O)Cc1nnc(-c2ccco2)n1-c1c(C)cccc1OC. The van der Waals surface area contributed by atoms with Gasteiger partial charge in [-0.25, -0.2) is 22.8 Å². The van der Waals surface area contributed by atoms with E-state index in [1.54, 1.807) is 36.8 Å². The van der Waals surface area contributed by atoms with Crippen molar-refractivity contribution in [2.24, 2.45) is 0 Å². The second-order valence-corrected chi connectivity index (χ2v) is 10.0. The zero-order valence-corrected chi connectivity index (χ0v) is 19.8. The van der Waals surface area contributed by atoms with E-state index in [-0.39, 0.29) is 23.8 Å². The van der Waals surface area contributed by atoms with E-state index in [1.807, 2.05) is 19.1 Å². The lowest BCUT2D eigenvalue weighted by molar-refractivity contribution is 0.412. The first-order valence-corrected chi connectivity index (χ1v) is 12.4. The molecule has 0 saturated carbocycles. The topological polar surface area (TPSA) is 113 Å². The van der Waals surface area contributed by atoms with Crippen LogP contribution in [0.1, 0.15) is 30.6 Å². The Morgan fingerprint density at radius 1 is 1.15 bits per heavy atom. The molecule has 0 spiro atoms. The van der Waals surface area contributed by atoms with E-state index in [0.29, 0.717) is 29.4 Å². The fourth-order valence-electron chi connectivity index (χ4n) is 3.76. The van der Waals surface area contributed by atoms with Crippen LogP contribution in [0.25, 0.3) is 17.3 Å². The second kappa shape index (κ2) is 9.72. The fraction of sp³-hybridized carbons (Fsp3) is 0.304. The Kier molecular flexibility index (Phi) is 6.73. The average molecular weight is 486 g/mol. The number of aromatic nitrogens is 5. The molecular formula is C23H24FN5O4S. The number of nitrogens with zero attached hydrogens (tertiary/aromatic N) is 5. The Bertz CT molecular complexity index is 1370. The lowest BCUT2D eigenvalue weighted by Gasteiger charge is -2.18. The van der Waals surface area contributed by atoms with Crippen molar-refractivity contribution in [2.75, 3.05) is 7.11 Å². The van der Waals surface area contributed by atoms with Gasteiger partial charge in [0.25, 0.3) is 0 Å². The molecule has 0 saturated heterocycles. The number of methoxy groups -OCH3 is 1. The van der Waals surface area contributed by atoms with Crippen molar-refractivity contribution < 1.29 is 22.0 Å². The van der Waals surface area contributed by atoms with Crippen LogP contribution in [0.3, 0.4) is 0 Å². The minimum absolute atomic E-state index is 0.0615. The first-order valence-electron chi connectivity index (χ1n) is 10.6. The molecule has 11 heteroatoms. The maximum atomic E-state index is 13.5. The van der Waals surface area contributed by atoms with Gasteiger partial charge in [-0.2, -0.15) is 0 Å². The van der Waals surface area contributed by atoms with Gasteiger partial charge >= 0.3 is 0 Å². The van der Waals surface area contributed by atoms with Crippen LogP contribution in [0.5, 0.6) is 5.75 Å². The number of hydrogen-bond donors (Lipinski definition) is 0. The van der Waals surface area contributed by atoms with Crippen LogP contribution < -0.4 is 4.74 Å². The summed E-state index contributed by atoms with van der Waals surface area (Å²) in [6.07, 6.45) is 3.95. The van der Waals surface area contributed by atoms with Gasteiger partial charge in [-0.1, -0.05) is 19.1 Å². The van der Waals surface area contributed by atoms with Crippen molar-refractivity contribution in [1.82, 2.24) is 24.7 Å². The summed E-state index contributed by atoms with van der Waals surface area (Å²) in [5.74, 6) is 0.861. The Balaban J connectivity index is 1.77. The van der Waals surface area contributed by atoms with E-state index < -0.39 is 20.9 Å². The first-order chi connectivity index (χ1) is 16.3. The van der Waals surface area contributed by atoms with Gasteiger partial charge in [0.2, 0.25) is 5.82 Å². The summed E-state index contributed by atoms with van der Waals surface area (Å²) in [5, 5.41) is 7.69. The zero-order chi connectivity index (χ0) is 24.3. The number of furan rings is 1. The number of aryl methyl sites for hydroxylation is 1. The highest BCUT2D eigenvalue weighted by Gasteiger charge is 2.30. The van der Waals surface area contributed by atoms with Gasteiger partial charge in [-0.3, -0.25) is 4.57 Å². The van der Waals surface area contributed by atoms with Gasteiger partial charge < -0.3 is 9.15 Å². The van der Waals surface area contributed by atoms with Crippen molar-refractivity contribution in [1.29, 1.82) is 0 Å². The highest BCUT2D eigenvalue weighted by Crippen LogP contribution is 2.33. The molecule has 0 fully saturated rings. The lowest BCUT2D eigenvalue weighted by atomic mass is 10.1. The van der Waals surface area contributed by atoms with Crippen molar-refractivity contribution in [3.63, 3.8) is 0 Å². The first kappa shape index (κ1) is 23.6. The molecule has 0 amide bonds. The molecule has 178 valence electrons. The van der Waals surface area contributed by atoms with Crippen LogP contribution in [-0.2, 0) is 22.0 Å². The highest BCUT2D eigenvalue weighted by atomic mass is 32.2. The van der Waals surface area contributed by atoms with Crippen LogP contribution in [0.15, 0.2) is 53.4 Å². The molecule has 0 aliphatic rings. The number of benzene rings is 1. The standard InChI is InChI=1S/C23H24FN5O4S/c1-4-17(11-20-25-12-16(24)13-26-20)34(30,31)14-21-27-28-23(19-9-6-10-33-19)29(21)22-15(2)7-5-8-18(22)32-3/h5-10,12-13,17H,4,11,14H2,1-3H3/t17-/m0/s1. The quantitative estimate of drug-likeness (QED) is 0.353. The summed E-state index contributed by atoms with van der Waals surface area (Å²) < 4.78 is 52.8. The minimum atomic E-state index is -3.72. The minimum Gasteiger partial charge on any atom is -0.495 e. The predicted molar refractivity (Wildman–Crippen MR) is 123 cm³/mol. The smallest absolute Gasteiger partial charge is 0.204 e.